The van der Waals surface area contributed by atoms with Crippen LogP contribution in [0.5, 0.6) is 0 Å². The third kappa shape index (κ3) is 3.71. The molecule has 1 aliphatic rings. The minimum Gasteiger partial charge on any atom is -0.384 e. The summed E-state index contributed by atoms with van der Waals surface area (Å²) in [6, 6.07) is 6.23. The van der Waals surface area contributed by atoms with Crippen molar-refractivity contribution in [2.24, 2.45) is 5.73 Å². The number of benzene rings is 1. The average molecular weight is 300 g/mol. The molecule has 1 aromatic rings. The summed E-state index contributed by atoms with van der Waals surface area (Å²) in [4.78, 5) is 0.227. The van der Waals surface area contributed by atoms with Gasteiger partial charge < -0.3 is 10.5 Å². The Labute approximate surface area is 117 Å². The Morgan fingerprint density at radius 1 is 1.47 bits per heavy atom. The van der Waals surface area contributed by atoms with Crippen LogP contribution in [0.4, 0.5) is 0 Å². The predicted octanol–water partition coefficient (Wildman–Crippen LogP) is 0.876. The van der Waals surface area contributed by atoms with Crippen molar-refractivity contribution in [1.29, 1.82) is 5.41 Å². The normalized spacial score (nSPS) is 16.0. The highest BCUT2D eigenvalue weighted by Crippen LogP contribution is 2.21. The second kappa shape index (κ2) is 5.94. The number of ether oxygens (including phenoxy) is 1. The van der Waals surface area contributed by atoms with E-state index in [0.717, 1.165) is 0 Å². The summed E-state index contributed by atoms with van der Waals surface area (Å²) in [5.41, 5.74) is 5.79. The van der Waals surface area contributed by atoms with Gasteiger partial charge in [0.2, 0.25) is 0 Å². The van der Waals surface area contributed by atoms with Crippen LogP contribution in [0.25, 0.3) is 0 Å². The second-order valence-corrected chi connectivity index (χ2v) is 7.81. The third-order valence-corrected chi connectivity index (χ3v) is 5.97. The molecule has 104 valence electrons. The highest BCUT2D eigenvalue weighted by atomic mass is 32.2. The van der Waals surface area contributed by atoms with Crippen LogP contribution in [0, 0.1) is 5.41 Å². The minimum absolute atomic E-state index is 0.0928. The number of nitrogen functional groups attached to an aromatic ring is 1. The van der Waals surface area contributed by atoms with Gasteiger partial charge >= 0.3 is 0 Å². The molecule has 3 N–H and O–H groups in total. The molecule has 0 amide bonds. The summed E-state index contributed by atoms with van der Waals surface area (Å²) in [7, 11) is -3.31. The van der Waals surface area contributed by atoms with Crippen LogP contribution < -0.4 is 5.73 Å². The zero-order chi connectivity index (χ0) is 13.9. The van der Waals surface area contributed by atoms with E-state index in [1.54, 1.807) is 30.0 Å². The summed E-state index contributed by atoms with van der Waals surface area (Å²) in [6.07, 6.45) is 0. The minimum atomic E-state index is -3.31. The smallest absolute Gasteiger partial charge is 0.179 e. The fourth-order valence-electron chi connectivity index (χ4n) is 1.61. The Hall–Kier alpha value is -1.05. The molecule has 0 spiro atoms. The van der Waals surface area contributed by atoms with Crippen molar-refractivity contribution in [2.75, 3.05) is 24.7 Å². The van der Waals surface area contributed by atoms with Crippen LogP contribution in [-0.2, 0) is 14.6 Å². The number of rotatable bonds is 6. The van der Waals surface area contributed by atoms with E-state index in [4.69, 9.17) is 15.9 Å². The number of nitrogens with two attached hydrogens (primary N) is 1. The van der Waals surface area contributed by atoms with Gasteiger partial charge in [-0.05, 0) is 12.1 Å². The van der Waals surface area contributed by atoms with Crippen molar-refractivity contribution >= 4 is 27.4 Å². The Morgan fingerprint density at radius 2 is 2.21 bits per heavy atom. The molecule has 0 bridgehead atoms. The first-order chi connectivity index (χ1) is 8.99. The lowest BCUT2D eigenvalue weighted by Gasteiger charge is -2.25. The lowest BCUT2D eigenvalue weighted by molar-refractivity contribution is 0.0455. The van der Waals surface area contributed by atoms with E-state index in [0.29, 0.717) is 29.8 Å². The molecule has 0 unspecified atom stereocenters. The number of hydrogen-bond donors (Lipinski definition) is 2. The van der Waals surface area contributed by atoms with Crippen molar-refractivity contribution in [3.8, 4) is 0 Å². The summed E-state index contributed by atoms with van der Waals surface area (Å²) < 4.78 is 29.3. The molecule has 1 saturated heterocycles. The molecule has 5 nitrogen and oxygen atoms in total. The molecule has 1 fully saturated rings. The van der Waals surface area contributed by atoms with Crippen LogP contribution in [0.3, 0.4) is 0 Å². The second-order valence-electron chi connectivity index (χ2n) is 4.29. The van der Waals surface area contributed by atoms with Gasteiger partial charge in [-0.15, -0.1) is 0 Å². The Balaban J connectivity index is 2.01. The van der Waals surface area contributed by atoms with Crippen molar-refractivity contribution in [1.82, 2.24) is 0 Å². The molecular formula is C12H16N2O3S2. The first-order valence-electron chi connectivity index (χ1n) is 5.85. The molecule has 1 aromatic carbocycles. The molecule has 1 heterocycles. The maximum absolute atomic E-state index is 12.1. The maximum atomic E-state index is 12.1. The quantitative estimate of drug-likeness (QED) is 0.601. The standard InChI is InChI=1S/C12H16N2O3S2/c13-12(14)9-2-1-3-11(6-9)19(15,16)5-4-18-10-7-17-8-10/h1-3,6,10H,4-5,7-8H2,(H3,13,14). The molecule has 0 aromatic heterocycles. The molecule has 0 aliphatic carbocycles. The molecule has 7 heteroatoms. The van der Waals surface area contributed by atoms with Gasteiger partial charge in [0, 0.05) is 11.3 Å². The zero-order valence-corrected chi connectivity index (χ0v) is 12.0. The van der Waals surface area contributed by atoms with Crippen LogP contribution in [0.15, 0.2) is 29.2 Å². The lowest BCUT2D eigenvalue weighted by atomic mass is 10.2. The topological polar surface area (TPSA) is 93.2 Å². The fraction of sp³-hybridized carbons (Fsp3) is 0.417. The van der Waals surface area contributed by atoms with Crippen LogP contribution in [-0.4, -0.2) is 44.2 Å². The Morgan fingerprint density at radius 3 is 2.79 bits per heavy atom. The number of hydrogen-bond acceptors (Lipinski definition) is 5. The van der Waals surface area contributed by atoms with Gasteiger partial charge in [-0.1, -0.05) is 12.1 Å². The fourth-order valence-corrected chi connectivity index (χ4v) is 4.42. The number of sulfone groups is 1. The van der Waals surface area contributed by atoms with Crippen LogP contribution >= 0.6 is 11.8 Å². The molecule has 0 atom stereocenters. The largest absolute Gasteiger partial charge is 0.384 e. The monoisotopic (exact) mass is 300 g/mol. The third-order valence-electron chi connectivity index (χ3n) is 2.82. The molecule has 19 heavy (non-hydrogen) atoms. The first kappa shape index (κ1) is 14.4. The van der Waals surface area contributed by atoms with Crippen molar-refractivity contribution in [3.05, 3.63) is 29.8 Å². The molecular weight excluding hydrogens is 284 g/mol. The molecule has 1 aliphatic heterocycles. The Bertz CT molecular complexity index is 568. The SMILES string of the molecule is N=C(N)c1cccc(S(=O)(=O)CCSC2COC2)c1. The van der Waals surface area contributed by atoms with Gasteiger partial charge in [-0.25, -0.2) is 8.42 Å². The summed E-state index contributed by atoms with van der Waals surface area (Å²) in [5, 5.41) is 7.76. The van der Waals surface area contributed by atoms with E-state index in [2.05, 4.69) is 0 Å². The molecule has 0 radical (unpaired) electrons. The number of nitrogens with one attached hydrogen (secondary N) is 1. The Kier molecular flexibility index (Phi) is 4.49. The number of thioether (sulfide) groups is 1. The summed E-state index contributed by atoms with van der Waals surface area (Å²) >= 11 is 1.62. The highest BCUT2D eigenvalue weighted by Gasteiger charge is 2.21. The van der Waals surface area contributed by atoms with E-state index in [9.17, 15) is 8.42 Å². The van der Waals surface area contributed by atoms with Gasteiger partial charge in [0.05, 0.1) is 29.1 Å². The first-order valence-corrected chi connectivity index (χ1v) is 8.56. The van der Waals surface area contributed by atoms with Crippen molar-refractivity contribution in [3.63, 3.8) is 0 Å². The van der Waals surface area contributed by atoms with E-state index in [1.807, 2.05) is 0 Å². The zero-order valence-electron chi connectivity index (χ0n) is 10.3. The van der Waals surface area contributed by atoms with Gasteiger partial charge in [-0.2, -0.15) is 11.8 Å². The maximum Gasteiger partial charge on any atom is 0.179 e. The summed E-state index contributed by atoms with van der Waals surface area (Å²) in [6.45, 7) is 1.43. The molecule has 0 saturated carbocycles. The van der Waals surface area contributed by atoms with Gasteiger partial charge in [0.15, 0.2) is 9.84 Å². The predicted molar refractivity (Wildman–Crippen MR) is 76.6 cm³/mol. The van der Waals surface area contributed by atoms with Crippen LogP contribution in [0.2, 0.25) is 0 Å². The lowest BCUT2D eigenvalue weighted by Crippen LogP contribution is -2.31. The van der Waals surface area contributed by atoms with E-state index < -0.39 is 9.84 Å². The summed E-state index contributed by atoms with van der Waals surface area (Å²) in [5.74, 6) is 0.522. The number of amidine groups is 1. The van der Waals surface area contributed by atoms with Crippen molar-refractivity contribution in [2.45, 2.75) is 10.1 Å². The van der Waals surface area contributed by atoms with Gasteiger partial charge in [-0.3, -0.25) is 5.41 Å². The van der Waals surface area contributed by atoms with E-state index in [-0.39, 0.29) is 16.5 Å². The van der Waals surface area contributed by atoms with Crippen molar-refractivity contribution < 1.29 is 13.2 Å². The van der Waals surface area contributed by atoms with Crippen LogP contribution in [0.1, 0.15) is 5.56 Å². The van der Waals surface area contributed by atoms with Gasteiger partial charge in [0.1, 0.15) is 5.84 Å². The van der Waals surface area contributed by atoms with E-state index >= 15 is 0 Å². The highest BCUT2D eigenvalue weighted by molar-refractivity contribution is 8.01. The van der Waals surface area contributed by atoms with E-state index in [1.165, 1.54) is 6.07 Å². The van der Waals surface area contributed by atoms with Gasteiger partial charge in [0.25, 0.3) is 0 Å². The molecule has 2 rings (SSSR count). The average Bonchev–Trinajstić information content (AvgIpc) is 2.32.